The van der Waals surface area contributed by atoms with Crippen molar-refractivity contribution in [3.63, 3.8) is 0 Å². The van der Waals surface area contributed by atoms with Gasteiger partial charge in [-0.3, -0.25) is 9.80 Å². The lowest BCUT2D eigenvalue weighted by atomic mass is 9.83. The smallest absolute Gasteiger partial charge is 0.0267 e. The van der Waals surface area contributed by atoms with Gasteiger partial charge in [0, 0.05) is 43.8 Å². The van der Waals surface area contributed by atoms with E-state index < -0.39 is 0 Å². The summed E-state index contributed by atoms with van der Waals surface area (Å²) in [7, 11) is 0. The van der Waals surface area contributed by atoms with Gasteiger partial charge < -0.3 is 5.32 Å². The first-order chi connectivity index (χ1) is 9.50. The first-order valence-corrected chi connectivity index (χ1v) is 8.74. The summed E-state index contributed by atoms with van der Waals surface area (Å²) in [5, 5.41) is 3.82. The lowest BCUT2D eigenvalue weighted by Gasteiger charge is -2.48. The van der Waals surface area contributed by atoms with Gasteiger partial charge in [0.05, 0.1) is 0 Å². The van der Waals surface area contributed by atoms with Gasteiger partial charge in [-0.25, -0.2) is 0 Å². The van der Waals surface area contributed by atoms with Gasteiger partial charge in [-0.05, 0) is 37.6 Å². The molecule has 0 saturated carbocycles. The van der Waals surface area contributed by atoms with E-state index in [4.69, 9.17) is 0 Å². The van der Waals surface area contributed by atoms with Crippen molar-refractivity contribution in [1.82, 2.24) is 15.1 Å². The highest BCUT2D eigenvalue weighted by atomic mass is 15.3. The fourth-order valence-corrected chi connectivity index (χ4v) is 4.63. The summed E-state index contributed by atoms with van der Waals surface area (Å²) in [6, 6.07) is 3.08. The molecule has 0 aliphatic carbocycles. The predicted molar refractivity (Wildman–Crippen MR) is 85.0 cm³/mol. The van der Waals surface area contributed by atoms with Crippen LogP contribution in [0.3, 0.4) is 0 Å². The Morgan fingerprint density at radius 1 is 1.10 bits per heavy atom. The second-order valence-corrected chi connectivity index (χ2v) is 8.19. The number of rotatable bonds is 2. The lowest BCUT2D eigenvalue weighted by Crippen LogP contribution is -2.63. The first-order valence-electron chi connectivity index (χ1n) is 8.74. The van der Waals surface area contributed by atoms with Crippen LogP contribution in [0.25, 0.3) is 0 Å². The van der Waals surface area contributed by atoms with Crippen molar-refractivity contribution in [1.29, 1.82) is 0 Å². The lowest BCUT2D eigenvalue weighted by molar-refractivity contribution is 0.0372. The Kier molecular flexibility index (Phi) is 4.13. The third-order valence-corrected chi connectivity index (χ3v) is 5.98. The van der Waals surface area contributed by atoms with Crippen molar-refractivity contribution in [2.75, 3.05) is 26.2 Å². The van der Waals surface area contributed by atoms with E-state index in [-0.39, 0.29) is 0 Å². The first kappa shape index (κ1) is 14.8. The second kappa shape index (κ2) is 5.58. The summed E-state index contributed by atoms with van der Waals surface area (Å²) in [6.45, 7) is 14.6. The molecule has 3 nitrogen and oxygen atoms in total. The zero-order valence-electron chi connectivity index (χ0n) is 13.9. The van der Waals surface area contributed by atoms with E-state index in [9.17, 15) is 0 Å². The summed E-state index contributed by atoms with van der Waals surface area (Å²) >= 11 is 0. The van der Waals surface area contributed by atoms with Gasteiger partial charge >= 0.3 is 0 Å². The minimum absolute atomic E-state index is 0.366. The molecule has 3 fully saturated rings. The van der Waals surface area contributed by atoms with Crippen LogP contribution in [-0.4, -0.2) is 60.1 Å². The predicted octanol–water partition coefficient (Wildman–Crippen LogP) is 2.32. The van der Waals surface area contributed by atoms with Crippen molar-refractivity contribution in [2.24, 2.45) is 5.41 Å². The molecule has 0 aromatic heterocycles. The Balaban J connectivity index is 1.74. The van der Waals surface area contributed by atoms with Gasteiger partial charge in [0.25, 0.3) is 0 Å². The number of nitrogens with one attached hydrogen (secondary N) is 1. The number of hydrogen-bond donors (Lipinski definition) is 1. The van der Waals surface area contributed by atoms with Crippen molar-refractivity contribution in [2.45, 2.75) is 77.5 Å². The highest BCUT2D eigenvalue weighted by Gasteiger charge is 2.44. The van der Waals surface area contributed by atoms with Crippen LogP contribution in [0.4, 0.5) is 0 Å². The molecule has 3 heteroatoms. The Labute approximate surface area is 125 Å². The molecule has 0 aromatic rings. The molecule has 0 radical (unpaired) electrons. The maximum Gasteiger partial charge on any atom is 0.0267 e. The fraction of sp³-hybridized carbons (Fsp3) is 1.00. The van der Waals surface area contributed by atoms with Crippen LogP contribution in [0.5, 0.6) is 0 Å². The Hall–Kier alpha value is -0.120. The molecule has 20 heavy (non-hydrogen) atoms. The van der Waals surface area contributed by atoms with Crippen molar-refractivity contribution in [3.8, 4) is 0 Å². The number of piperazine rings is 1. The van der Waals surface area contributed by atoms with Gasteiger partial charge in [-0.15, -0.1) is 0 Å². The summed E-state index contributed by atoms with van der Waals surface area (Å²) in [4.78, 5) is 5.65. The number of fused-ring (bicyclic) bond motifs is 1. The summed E-state index contributed by atoms with van der Waals surface area (Å²) in [5.74, 6) is 0. The standard InChI is InChI=1S/C17H33N3/c1-5-13-11-18-16(17(2,3)4)12-20(13)15-8-10-19-9-6-7-14(15)19/h13-16,18H,5-12H2,1-4H3. The maximum atomic E-state index is 3.82. The Morgan fingerprint density at radius 2 is 1.90 bits per heavy atom. The average Bonchev–Trinajstić information content (AvgIpc) is 2.99. The second-order valence-electron chi connectivity index (χ2n) is 8.19. The van der Waals surface area contributed by atoms with Crippen LogP contribution >= 0.6 is 0 Å². The van der Waals surface area contributed by atoms with E-state index in [1.54, 1.807) is 0 Å². The number of nitrogens with zero attached hydrogens (tertiary/aromatic N) is 2. The molecular weight excluding hydrogens is 246 g/mol. The zero-order valence-corrected chi connectivity index (χ0v) is 13.9. The normalized spacial score (nSPS) is 40.2. The summed E-state index contributed by atoms with van der Waals surface area (Å²) in [5.41, 5.74) is 0.366. The van der Waals surface area contributed by atoms with E-state index in [2.05, 4.69) is 42.8 Å². The molecule has 3 aliphatic rings. The topological polar surface area (TPSA) is 18.5 Å². The molecule has 1 N–H and O–H groups in total. The van der Waals surface area contributed by atoms with Crippen LogP contribution < -0.4 is 5.32 Å². The third kappa shape index (κ3) is 2.65. The maximum absolute atomic E-state index is 3.82. The summed E-state index contributed by atoms with van der Waals surface area (Å²) < 4.78 is 0. The van der Waals surface area contributed by atoms with Gasteiger partial charge in [0.2, 0.25) is 0 Å². The minimum atomic E-state index is 0.366. The van der Waals surface area contributed by atoms with Crippen LogP contribution in [0, 0.1) is 5.41 Å². The van der Waals surface area contributed by atoms with Crippen LogP contribution in [-0.2, 0) is 0 Å². The van der Waals surface area contributed by atoms with Crippen LogP contribution in [0.2, 0.25) is 0 Å². The molecule has 0 bridgehead atoms. The van der Waals surface area contributed by atoms with E-state index >= 15 is 0 Å². The molecule has 116 valence electrons. The molecule has 4 unspecified atom stereocenters. The fourth-order valence-electron chi connectivity index (χ4n) is 4.63. The quantitative estimate of drug-likeness (QED) is 0.837. The van der Waals surface area contributed by atoms with Crippen LogP contribution in [0.15, 0.2) is 0 Å². The van der Waals surface area contributed by atoms with Gasteiger partial charge in [0.15, 0.2) is 0 Å². The average molecular weight is 279 g/mol. The van der Waals surface area contributed by atoms with E-state index in [1.165, 1.54) is 51.9 Å². The minimum Gasteiger partial charge on any atom is -0.311 e. The largest absolute Gasteiger partial charge is 0.311 e. The molecule has 3 saturated heterocycles. The van der Waals surface area contributed by atoms with Crippen molar-refractivity contribution < 1.29 is 0 Å². The van der Waals surface area contributed by atoms with Gasteiger partial charge in [-0.1, -0.05) is 27.7 Å². The van der Waals surface area contributed by atoms with Gasteiger partial charge in [-0.2, -0.15) is 0 Å². The van der Waals surface area contributed by atoms with E-state index in [0.717, 1.165) is 18.1 Å². The molecule has 3 aliphatic heterocycles. The number of hydrogen-bond acceptors (Lipinski definition) is 3. The Bertz CT molecular complexity index is 336. The molecule has 0 amide bonds. The molecule has 3 heterocycles. The molecular formula is C17H33N3. The highest BCUT2D eigenvalue weighted by Crippen LogP contribution is 2.35. The zero-order chi connectivity index (χ0) is 14.3. The van der Waals surface area contributed by atoms with Crippen molar-refractivity contribution in [3.05, 3.63) is 0 Å². The van der Waals surface area contributed by atoms with Crippen LogP contribution in [0.1, 0.15) is 53.4 Å². The molecule has 0 spiro atoms. The Morgan fingerprint density at radius 3 is 2.60 bits per heavy atom. The third-order valence-electron chi connectivity index (χ3n) is 5.98. The van der Waals surface area contributed by atoms with E-state index in [1.807, 2.05) is 0 Å². The van der Waals surface area contributed by atoms with Crippen molar-refractivity contribution >= 4 is 0 Å². The molecule has 3 rings (SSSR count). The van der Waals surface area contributed by atoms with E-state index in [0.29, 0.717) is 11.5 Å². The molecule has 0 aromatic carbocycles. The SMILES string of the molecule is CCC1CNC(C(C)(C)C)CN1C1CCN2CCCC12. The monoisotopic (exact) mass is 279 g/mol. The van der Waals surface area contributed by atoms with Gasteiger partial charge in [0.1, 0.15) is 0 Å². The summed E-state index contributed by atoms with van der Waals surface area (Å²) in [6.07, 6.45) is 5.54. The molecule has 4 atom stereocenters. The highest BCUT2D eigenvalue weighted by molar-refractivity contribution is 5.02.